The predicted molar refractivity (Wildman–Crippen MR) is 67.9 cm³/mol. The first-order valence-electron chi connectivity index (χ1n) is 6.10. The van der Waals surface area contributed by atoms with Crippen LogP contribution in [0.5, 0.6) is 0 Å². The summed E-state index contributed by atoms with van der Waals surface area (Å²) >= 11 is 0. The molecule has 0 radical (unpaired) electrons. The number of piperidine rings is 1. The third-order valence-corrected chi connectivity index (χ3v) is 3.21. The second-order valence-corrected chi connectivity index (χ2v) is 4.81. The number of rotatable bonds is 2. The van der Waals surface area contributed by atoms with Crippen molar-refractivity contribution in [2.75, 3.05) is 24.6 Å². The highest BCUT2D eigenvalue weighted by Crippen LogP contribution is 2.31. The van der Waals surface area contributed by atoms with Gasteiger partial charge >= 0.3 is 6.18 Å². The summed E-state index contributed by atoms with van der Waals surface area (Å²) in [6.45, 7) is 0.432. The molecule has 1 aliphatic rings. The van der Waals surface area contributed by atoms with E-state index in [0.29, 0.717) is 19.4 Å². The molecule has 1 atom stereocenters. The minimum absolute atomic E-state index is 0.0294. The fraction of sp³-hybridized carbons (Fsp3) is 0.500. The number of carbonyl (C=O) groups is 1. The highest BCUT2D eigenvalue weighted by Gasteiger charge is 2.33. The molecule has 1 amide bonds. The van der Waals surface area contributed by atoms with Crippen molar-refractivity contribution >= 4 is 17.3 Å². The zero-order chi connectivity index (χ0) is 14.9. The molecule has 20 heavy (non-hydrogen) atoms. The van der Waals surface area contributed by atoms with Gasteiger partial charge in [0.2, 0.25) is 5.91 Å². The van der Waals surface area contributed by atoms with E-state index in [1.165, 1.54) is 0 Å². The topological polar surface area (TPSA) is 71.2 Å². The maximum absolute atomic E-state index is 12.6. The zero-order valence-corrected chi connectivity index (χ0v) is 10.9. The molecule has 1 aromatic rings. The smallest absolute Gasteiger partial charge is 0.396 e. The molecule has 110 valence electrons. The van der Waals surface area contributed by atoms with Crippen molar-refractivity contribution in [1.82, 2.24) is 9.88 Å². The van der Waals surface area contributed by atoms with Crippen LogP contribution in [0.25, 0.3) is 0 Å². The van der Waals surface area contributed by atoms with Crippen LogP contribution >= 0.6 is 0 Å². The monoisotopic (exact) mass is 288 g/mol. The summed E-state index contributed by atoms with van der Waals surface area (Å²) < 4.78 is 37.8. The fourth-order valence-electron chi connectivity index (χ4n) is 2.10. The summed E-state index contributed by atoms with van der Waals surface area (Å²) in [5, 5.41) is 2.95. The Kier molecular flexibility index (Phi) is 3.74. The second kappa shape index (κ2) is 5.18. The Morgan fingerprint density at radius 3 is 2.80 bits per heavy atom. The molecule has 5 nitrogen and oxygen atoms in total. The van der Waals surface area contributed by atoms with Crippen molar-refractivity contribution in [3.63, 3.8) is 0 Å². The molecule has 2 rings (SSSR count). The van der Waals surface area contributed by atoms with Gasteiger partial charge in [0.1, 0.15) is 5.69 Å². The number of amides is 1. The Hall–Kier alpha value is -1.99. The summed E-state index contributed by atoms with van der Waals surface area (Å²) in [4.78, 5) is 16.2. The number of hydrogen-bond acceptors (Lipinski definition) is 4. The molecule has 1 unspecified atom stereocenters. The maximum Gasteiger partial charge on any atom is 0.433 e. The van der Waals surface area contributed by atoms with Gasteiger partial charge in [-0.25, -0.2) is 4.98 Å². The van der Waals surface area contributed by atoms with Crippen LogP contribution < -0.4 is 11.1 Å². The van der Waals surface area contributed by atoms with Crippen LogP contribution in [0, 0.1) is 0 Å². The van der Waals surface area contributed by atoms with Gasteiger partial charge < -0.3 is 16.0 Å². The summed E-state index contributed by atoms with van der Waals surface area (Å²) in [6.07, 6.45) is -2.59. The van der Waals surface area contributed by atoms with E-state index in [4.69, 9.17) is 5.73 Å². The molecule has 0 spiro atoms. The van der Waals surface area contributed by atoms with Crippen molar-refractivity contribution in [3.8, 4) is 0 Å². The minimum atomic E-state index is -4.51. The van der Waals surface area contributed by atoms with Gasteiger partial charge in [-0.1, -0.05) is 0 Å². The number of anilines is 2. The molecule has 2 heterocycles. The van der Waals surface area contributed by atoms with E-state index >= 15 is 0 Å². The lowest BCUT2D eigenvalue weighted by atomic mass is 10.1. The van der Waals surface area contributed by atoms with Crippen LogP contribution in [0.2, 0.25) is 0 Å². The zero-order valence-electron chi connectivity index (χ0n) is 10.9. The molecule has 3 N–H and O–H groups in total. The van der Waals surface area contributed by atoms with Crippen molar-refractivity contribution in [2.24, 2.45) is 0 Å². The van der Waals surface area contributed by atoms with Crippen LogP contribution in [0.15, 0.2) is 12.3 Å². The van der Waals surface area contributed by atoms with Crippen LogP contribution in [0.4, 0.5) is 24.5 Å². The van der Waals surface area contributed by atoms with Crippen molar-refractivity contribution in [3.05, 3.63) is 18.0 Å². The Balaban J connectivity index is 2.15. The highest BCUT2D eigenvalue weighted by molar-refractivity contribution is 5.77. The third-order valence-electron chi connectivity index (χ3n) is 3.21. The molecule has 1 saturated heterocycles. The Bertz CT molecular complexity index is 518. The van der Waals surface area contributed by atoms with Gasteiger partial charge in [-0.05, 0) is 12.5 Å². The lowest BCUT2D eigenvalue weighted by Gasteiger charge is -2.31. The van der Waals surface area contributed by atoms with Gasteiger partial charge in [0, 0.05) is 26.1 Å². The number of likely N-dealkylation sites (tertiary alicyclic amines) is 1. The van der Waals surface area contributed by atoms with E-state index in [-0.39, 0.29) is 23.3 Å². The number of carbonyl (C=O) groups excluding carboxylic acids is 1. The van der Waals surface area contributed by atoms with E-state index in [1.807, 2.05) is 0 Å². The van der Waals surface area contributed by atoms with Crippen LogP contribution in [-0.2, 0) is 11.0 Å². The van der Waals surface area contributed by atoms with Crippen molar-refractivity contribution in [1.29, 1.82) is 0 Å². The molecular weight excluding hydrogens is 273 g/mol. The molecule has 1 fully saturated rings. The van der Waals surface area contributed by atoms with Crippen molar-refractivity contribution in [2.45, 2.75) is 25.1 Å². The van der Waals surface area contributed by atoms with Gasteiger partial charge in [0.25, 0.3) is 0 Å². The van der Waals surface area contributed by atoms with Gasteiger partial charge in [-0.15, -0.1) is 0 Å². The van der Waals surface area contributed by atoms with Crippen LogP contribution in [0.3, 0.4) is 0 Å². The Morgan fingerprint density at radius 1 is 1.50 bits per heavy atom. The summed E-state index contributed by atoms with van der Waals surface area (Å²) in [5.74, 6) is 0.0294. The third kappa shape index (κ3) is 3.12. The number of alkyl halides is 3. The van der Waals surface area contributed by atoms with Crippen LogP contribution in [-0.4, -0.2) is 35.4 Å². The number of nitrogens with two attached hydrogens (primary N) is 1. The number of hydrogen-bond donors (Lipinski definition) is 2. The molecule has 8 heteroatoms. The molecule has 0 bridgehead atoms. The minimum Gasteiger partial charge on any atom is -0.396 e. The first-order valence-corrected chi connectivity index (χ1v) is 6.10. The summed E-state index contributed by atoms with van der Waals surface area (Å²) in [5.41, 5.74) is 4.99. The number of halogens is 3. The molecule has 0 aliphatic carbocycles. The normalized spacial score (nSPS) is 20.1. The number of aromatic nitrogens is 1. The quantitative estimate of drug-likeness (QED) is 0.869. The van der Waals surface area contributed by atoms with E-state index in [0.717, 1.165) is 12.3 Å². The fourth-order valence-corrected chi connectivity index (χ4v) is 2.10. The standard InChI is InChI=1S/C12H15F3N4O/c1-19-6-7(2-3-11(19)20)18-9-4-10(12(13,14)15)17-5-8(9)16/h4-5,7H,2-3,6,16H2,1H3,(H,17,18). The predicted octanol–water partition coefficient (Wildman–Crippen LogP) is 1.72. The van der Waals surface area contributed by atoms with Crippen LogP contribution in [0.1, 0.15) is 18.5 Å². The maximum atomic E-state index is 12.6. The van der Waals surface area contributed by atoms with E-state index < -0.39 is 11.9 Å². The lowest BCUT2D eigenvalue weighted by molar-refractivity contribution is -0.141. The first-order chi connectivity index (χ1) is 9.27. The molecule has 1 aliphatic heterocycles. The number of nitrogens with zero attached hydrogens (tertiary/aromatic N) is 2. The average Bonchev–Trinajstić information content (AvgIpc) is 2.35. The van der Waals surface area contributed by atoms with E-state index in [9.17, 15) is 18.0 Å². The SMILES string of the molecule is CN1CC(Nc2cc(C(F)(F)F)ncc2N)CCC1=O. The second-order valence-electron chi connectivity index (χ2n) is 4.81. The number of likely N-dealkylation sites (N-methyl/N-ethyl adjacent to an activating group) is 1. The summed E-state index contributed by atoms with van der Waals surface area (Å²) in [6, 6.07) is 0.773. The molecule has 0 saturated carbocycles. The van der Waals surface area contributed by atoms with Gasteiger partial charge in [0.15, 0.2) is 0 Å². The van der Waals surface area contributed by atoms with E-state index in [1.54, 1.807) is 11.9 Å². The largest absolute Gasteiger partial charge is 0.433 e. The number of pyridine rings is 1. The molecule has 0 aromatic carbocycles. The molecular formula is C12H15F3N4O. The number of nitrogens with one attached hydrogen (secondary N) is 1. The Labute approximate surface area is 114 Å². The average molecular weight is 288 g/mol. The first kappa shape index (κ1) is 14.4. The van der Waals surface area contributed by atoms with Gasteiger partial charge in [-0.3, -0.25) is 4.79 Å². The van der Waals surface area contributed by atoms with Gasteiger partial charge in [0.05, 0.1) is 17.6 Å². The van der Waals surface area contributed by atoms with Gasteiger partial charge in [-0.2, -0.15) is 13.2 Å². The summed E-state index contributed by atoms with van der Waals surface area (Å²) in [7, 11) is 1.66. The Morgan fingerprint density at radius 2 is 2.20 bits per heavy atom. The molecule has 1 aromatic heterocycles. The lowest BCUT2D eigenvalue weighted by Crippen LogP contribution is -2.43. The number of nitrogen functional groups attached to an aromatic ring is 1. The highest BCUT2D eigenvalue weighted by atomic mass is 19.4. The van der Waals surface area contributed by atoms with Crippen molar-refractivity contribution < 1.29 is 18.0 Å². The van der Waals surface area contributed by atoms with E-state index in [2.05, 4.69) is 10.3 Å².